The first-order valence-electron chi connectivity index (χ1n) is 11.8. The van der Waals surface area contributed by atoms with Gasteiger partial charge in [0, 0.05) is 25.2 Å². The molecule has 0 radical (unpaired) electrons. The quantitative estimate of drug-likeness (QED) is 0.501. The fourth-order valence-electron chi connectivity index (χ4n) is 4.23. The molecule has 0 bridgehead atoms. The Hall–Kier alpha value is -4.40. The number of allylic oxidation sites excluding steroid dienone is 1. The molecule has 0 saturated carbocycles. The van der Waals surface area contributed by atoms with Gasteiger partial charge in [-0.05, 0) is 62.2 Å². The third kappa shape index (κ3) is 4.86. The SMILES string of the molecule is CCOc1ccc(-n2c(O)c(C=C3N=c4ccccc4=C3CCN(CC)C(C)=O)c(=O)[nH]c2=O)cc1. The van der Waals surface area contributed by atoms with Crippen LogP contribution in [0.4, 0.5) is 0 Å². The van der Waals surface area contributed by atoms with Crippen LogP contribution in [0.25, 0.3) is 17.3 Å². The highest BCUT2D eigenvalue weighted by molar-refractivity contribution is 5.77. The van der Waals surface area contributed by atoms with Gasteiger partial charge in [0.1, 0.15) is 11.3 Å². The minimum Gasteiger partial charge on any atom is -0.494 e. The van der Waals surface area contributed by atoms with E-state index in [0.29, 0.717) is 43.3 Å². The van der Waals surface area contributed by atoms with Crippen LogP contribution in [0.1, 0.15) is 32.8 Å². The summed E-state index contributed by atoms with van der Waals surface area (Å²) in [6.45, 7) is 6.86. The predicted molar refractivity (Wildman–Crippen MR) is 137 cm³/mol. The first-order valence-corrected chi connectivity index (χ1v) is 11.8. The number of carbonyl (C=O) groups is 1. The topological polar surface area (TPSA) is 117 Å². The molecular weight excluding hydrogens is 460 g/mol. The Morgan fingerprint density at radius 1 is 1.14 bits per heavy atom. The number of nitrogens with one attached hydrogen (secondary N) is 1. The summed E-state index contributed by atoms with van der Waals surface area (Å²) >= 11 is 0. The zero-order chi connectivity index (χ0) is 25.8. The number of amides is 1. The van der Waals surface area contributed by atoms with Crippen molar-refractivity contribution in [3.63, 3.8) is 0 Å². The van der Waals surface area contributed by atoms with Gasteiger partial charge >= 0.3 is 5.69 Å². The summed E-state index contributed by atoms with van der Waals surface area (Å²) in [6.07, 6.45) is 2.00. The lowest BCUT2D eigenvalue weighted by molar-refractivity contribution is -0.128. The zero-order valence-electron chi connectivity index (χ0n) is 20.4. The summed E-state index contributed by atoms with van der Waals surface area (Å²) in [5, 5.41) is 12.7. The van der Waals surface area contributed by atoms with Crippen LogP contribution >= 0.6 is 0 Å². The van der Waals surface area contributed by atoms with Crippen LogP contribution in [0.5, 0.6) is 11.6 Å². The minimum atomic E-state index is -0.764. The summed E-state index contributed by atoms with van der Waals surface area (Å²) in [5.74, 6) is 0.0993. The molecular formula is C27H28N4O5. The molecule has 2 N–H and O–H groups in total. The van der Waals surface area contributed by atoms with Crippen molar-refractivity contribution in [1.82, 2.24) is 14.5 Å². The van der Waals surface area contributed by atoms with Crippen molar-refractivity contribution < 1.29 is 14.6 Å². The highest BCUT2D eigenvalue weighted by atomic mass is 16.5. The van der Waals surface area contributed by atoms with Crippen molar-refractivity contribution in [2.75, 3.05) is 19.7 Å². The molecule has 1 aromatic heterocycles. The van der Waals surface area contributed by atoms with Crippen LogP contribution in [0.3, 0.4) is 0 Å². The monoisotopic (exact) mass is 488 g/mol. The number of aromatic hydroxyl groups is 1. The highest BCUT2D eigenvalue weighted by Crippen LogP contribution is 2.25. The third-order valence-electron chi connectivity index (χ3n) is 6.05. The van der Waals surface area contributed by atoms with E-state index in [1.807, 2.05) is 38.1 Å². The molecule has 0 spiro atoms. The molecule has 3 aromatic rings. The smallest absolute Gasteiger partial charge is 0.335 e. The van der Waals surface area contributed by atoms with Gasteiger partial charge in [0.2, 0.25) is 11.8 Å². The van der Waals surface area contributed by atoms with Gasteiger partial charge in [-0.25, -0.2) is 14.4 Å². The van der Waals surface area contributed by atoms with Crippen molar-refractivity contribution in [2.45, 2.75) is 27.2 Å². The Morgan fingerprint density at radius 2 is 1.86 bits per heavy atom. The summed E-state index contributed by atoms with van der Waals surface area (Å²) in [5.41, 5.74) is 0.131. The van der Waals surface area contributed by atoms with E-state index in [9.17, 15) is 19.5 Å². The van der Waals surface area contributed by atoms with Crippen LogP contribution in [-0.4, -0.2) is 45.2 Å². The molecule has 0 atom stereocenters. The number of para-hydroxylation sites is 1. The standard InChI is InChI=1S/C27H28N4O5/c1-4-30(17(3)32)15-14-21-20-8-6-7-9-23(20)28-24(21)16-22-25(33)29-27(35)31(26(22)34)18-10-12-19(13-11-18)36-5-2/h6-13,16,34H,4-5,14-15H2,1-3H3,(H,29,33,35). The van der Waals surface area contributed by atoms with Crippen molar-refractivity contribution >= 4 is 17.6 Å². The first-order chi connectivity index (χ1) is 17.3. The fraction of sp³-hybridized carbons (Fsp3) is 0.259. The van der Waals surface area contributed by atoms with Gasteiger partial charge in [0.15, 0.2) is 0 Å². The Balaban J connectivity index is 1.81. The molecule has 186 valence electrons. The number of fused-ring (bicyclic) bond motifs is 1. The molecule has 2 aromatic carbocycles. The molecule has 1 aliphatic heterocycles. The number of hydrogen-bond donors (Lipinski definition) is 2. The minimum absolute atomic E-state index is 0.0247. The molecule has 0 unspecified atom stereocenters. The number of rotatable bonds is 8. The number of aromatic nitrogens is 2. The lowest BCUT2D eigenvalue weighted by atomic mass is 10.1. The molecule has 4 rings (SSSR count). The molecule has 9 heteroatoms. The van der Waals surface area contributed by atoms with Gasteiger partial charge in [0.05, 0.1) is 23.3 Å². The number of carbonyl (C=O) groups excluding carboxylic acids is 1. The van der Waals surface area contributed by atoms with Crippen LogP contribution in [-0.2, 0) is 4.79 Å². The summed E-state index contributed by atoms with van der Waals surface area (Å²) in [4.78, 5) is 45.9. The number of hydrogen-bond acceptors (Lipinski definition) is 6. The molecule has 36 heavy (non-hydrogen) atoms. The lowest BCUT2D eigenvalue weighted by Gasteiger charge is -2.19. The van der Waals surface area contributed by atoms with E-state index in [0.717, 1.165) is 20.7 Å². The van der Waals surface area contributed by atoms with Gasteiger partial charge < -0.3 is 14.7 Å². The number of aromatic amines is 1. The molecule has 1 amide bonds. The average Bonchev–Trinajstić information content (AvgIpc) is 3.20. The summed E-state index contributed by atoms with van der Waals surface area (Å²) < 4.78 is 6.46. The maximum atomic E-state index is 12.8. The Bertz CT molecular complexity index is 1570. The van der Waals surface area contributed by atoms with Crippen molar-refractivity contribution in [3.8, 4) is 17.3 Å². The van der Waals surface area contributed by atoms with E-state index >= 15 is 0 Å². The van der Waals surface area contributed by atoms with Gasteiger partial charge in [0.25, 0.3) is 5.56 Å². The van der Waals surface area contributed by atoms with E-state index in [1.54, 1.807) is 29.2 Å². The highest BCUT2D eigenvalue weighted by Gasteiger charge is 2.19. The lowest BCUT2D eigenvalue weighted by Crippen LogP contribution is -2.31. The predicted octanol–water partition coefficient (Wildman–Crippen LogP) is 1.71. The van der Waals surface area contributed by atoms with Crippen LogP contribution in [0.2, 0.25) is 0 Å². The zero-order valence-corrected chi connectivity index (χ0v) is 20.4. The Labute approximate surface area is 207 Å². The maximum absolute atomic E-state index is 12.8. The van der Waals surface area contributed by atoms with Crippen LogP contribution in [0.15, 0.2) is 68.8 Å². The third-order valence-corrected chi connectivity index (χ3v) is 6.05. The summed E-state index contributed by atoms with van der Waals surface area (Å²) in [6, 6.07) is 14.2. The molecule has 1 aliphatic rings. The number of benzene rings is 2. The summed E-state index contributed by atoms with van der Waals surface area (Å²) in [7, 11) is 0. The van der Waals surface area contributed by atoms with E-state index in [4.69, 9.17) is 4.74 Å². The van der Waals surface area contributed by atoms with Gasteiger partial charge in [-0.3, -0.25) is 14.6 Å². The van der Waals surface area contributed by atoms with Crippen molar-refractivity contribution in [1.29, 1.82) is 0 Å². The Kier molecular flexibility index (Phi) is 7.19. The second kappa shape index (κ2) is 10.5. The van der Waals surface area contributed by atoms with Crippen molar-refractivity contribution in [2.24, 2.45) is 4.99 Å². The Morgan fingerprint density at radius 3 is 2.53 bits per heavy atom. The molecule has 2 heterocycles. The largest absolute Gasteiger partial charge is 0.494 e. The van der Waals surface area contributed by atoms with E-state index < -0.39 is 17.1 Å². The maximum Gasteiger partial charge on any atom is 0.335 e. The molecule has 0 fully saturated rings. The normalized spacial score (nSPS) is 13.4. The van der Waals surface area contributed by atoms with E-state index in [1.165, 1.54) is 13.0 Å². The van der Waals surface area contributed by atoms with Crippen molar-refractivity contribution in [3.05, 3.63) is 91.2 Å². The van der Waals surface area contributed by atoms with Gasteiger partial charge in [-0.15, -0.1) is 0 Å². The first kappa shape index (κ1) is 24.7. The van der Waals surface area contributed by atoms with Crippen LogP contribution in [0, 0.1) is 0 Å². The second-order valence-corrected chi connectivity index (χ2v) is 8.24. The van der Waals surface area contributed by atoms with E-state index in [-0.39, 0.29) is 11.5 Å². The average molecular weight is 489 g/mol. The molecule has 9 nitrogen and oxygen atoms in total. The number of nitrogens with zero attached hydrogens (tertiary/aromatic N) is 3. The van der Waals surface area contributed by atoms with Gasteiger partial charge in [-0.1, -0.05) is 18.2 Å². The fourth-order valence-corrected chi connectivity index (χ4v) is 4.23. The number of ether oxygens (including phenoxy) is 1. The number of H-pyrrole nitrogens is 1. The molecule has 0 aliphatic carbocycles. The molecule has 0 saturated heterocycles. The van der Waals surface area contributed by atoms with Crippen LogP contribution < -0.4 is 26.6 Å². The van der Waals surface area contributed by atoms with E-state index in [2.05, 4.69) is 9.98 Å². The second-order valence-electron chi connectivity index (χ2n) is 8.24. The van der Waals surface area contributed by atoms with Gasteiger partial charge in [-0.2, -0.15) is 0 Å².